The molecule has 0 saturated carbocycles. The molecule has 1 heterocycles. The van der Waals surface area contributed by atoms with Crippen LogP contribution in [0.1, 0.15) is 13.3 Å². The maximum atomic E-state index is 11.9. The second-order valence-electron chi connectivity index (χ2n) is 4.25. The van der Waals surface area contributed by atoms with Crippen LogP contribution in [0.2, 0.25) is 0 Å². The van der Waals surface area contributed by atoms with Gasteiger partial charge in [0.05, 0.1) is 0 Å². The first-order chi connectivity index (χ1) is 9.27. The molecule has 0 aliphatic heterocycles. The maximum absolute atomic E-state index is 11.9. The monoisotopic (exact) mass is 321 g/mol. The second kappa shape index (κ2) is 7.11. The molecule has 7 nitrogen and oxygen atoms in total. The van der Waals surface area contributed by atoms with E-state index in [2.05, 4.69) is 15.0 Å². The third kappa shape index (κ3) is 5.16. The molecular formula is C11H19N3O4S2. The summed E-state index contributed by atoms with van der Waals surface area (Å²) in [5.74, 6) is 0. The highest BCUT2D eigenvalue weighted by molar-refractivity contribution is 7.90. The molecule has 0 aliphatic rings. The number of sulfone groups is 1. The van der Waals surface area contributed by atoms with Crippen LogP contribution in [0, 0.1) is 0 Å². The van der Waals surface area contributed by atoms with Crippen LogP contribution >= 0.6 is 0 Å². The Balaban J connectivity index is 2.69. The first-order valence-electron chi connectivity index (χ1n) is 6.14. The predicted octanol–water partition coefficient (Wildman–Crippen LogP) is -0.237. The zero-order valence-corrected chi connectivity index (χ0v) is 13.1. The molecule has 0 bridgehead atoms. The zero-order valence-electron chi connectivity index (χ0n) is 11.5. The summed E-state index contributed by atoms with van der Waals surface area (Å²) in [6.45, 7) is 3.64. The number of sulfonamides is 1. The lowest BCUT2D eigenvalue weighted by Gasteiger charge is -2.07. The van der Waals surface area contributed by atoms with Crippen LogP contribution in [0.3, 0.4) is 0 Å². The molecule has 1 aromatic rings. The summed E-state index contributed by atoms with van der Waals surface area (Å²) < 4.78 is 48.7. The molecule has 0 saturated heterocycles. The highest BCUT2D eigenvalue weighted by Gasteiger charge is 2.15. The van der Waals surface area contributed by atoms with E-state index < -0.39 is 19.9 Å². The molecular weight excluding hydrogens is 302 g/mol. The van der Waals surface area contributed by atoms with Gasteiger partial charge in [-0.1, -0.05) is 6.92 Å². The van der Waals surface area contributed by atoms with Crippen molar-refractivity contribution in [3.63, 3.8) is 0 Å². The van der Waals surface area contributed by atoms with Crippen LogP contribution in [0.5, 0.6) is 0 Å². The van der Waals surface area contributed by atoms with Gasteiger partial charge in [0.2, 0.25) is 10.0 Å². The van der Waals surface area contributed by atoms with Gasteiger partial charge in [-0.15, -0.1) is 0 Å². The molecule has 2 N–H and O–H groups in total. The molecule has 1 rings (SSSR count). The molecule has 0 spiro atoms. The van der Waals surface area contributed by atoms with Gasteiger partial charge in [0.25, 0.3) is 0 Å². The largest absolute Gasteiger partial charge is 0.315 e. The van der Waals surface area contributed by atoms with Gasteiger partial charge in [0.1, 0.15) is 4.90 Å². The van der Waals surface area contributed by atoms with Crippen LogP contribution in [0.4, 0.5) is 0 Å². The first-order valence-corrected chi connectivity index (χ1v) is 9.51. The molecule has 0 aliphatic carbocycles. The number of pyridine rings is 1. The summed E-state index contributed by atoms with van der Waals surface area (Å²) in [5, 5.41) is 2.91. The topological polar surface area (TPSA) is 105 Å². The first kappa shape index (κ1) is 17.0. The van der Waals surface area contributed by atoms with Gasteiger partial charge in [0.15, 0.2) is 14.9 Å². The number of aromatic nitrogens is 1. The van der Waals surface area contributed by atoms with E-state index in [0.717, 1.165) is 25.4 Å². The molecule has 0 aromatic carbocycles. The van der Waals surface area contributed by atoms with Crippen LogP contribution in [-0.2, 0) is 19.9 Å². The Hall–Kier alpha value is -1.03. The number of nitrogens with zero attached hydrogens (tertiary/aromatic N) is 1. The fraction of sp³-hybridized carbons (Fsp3) is 0.545. The lowest BCUT2D eigenvalue weighted by atomic mass is 10.5. The van der Waals surface area contributed by atoms with Crippen molar-refractivity contribution in [3.05, 3.63) is 18.3 Å². The highest BCUT2D eigenvalue weighted by Crippen LogP contribution is 2.10. The Morgan fingerprint density at radius 2 is 1.80 bits per heavy atom. The van der Waals surface area contributed by atoms with Gasteiger partial charge in [-0.05, 0) is 25.1 Å². The van der Waals surface area contributed by atoms with Crippen LogP contribution in [-0.4, -0.2) is 47.7 Å². The zero-order chi connectivity index (χ0) is 15.2. The van der Waals surface area contributed by atoms with Gasteiger partial charge in [-0.2, -0.15) is 0 Å². The van der Waals surface area contributed by atoms with E-state index in [9.17, 15) is 16.8 Å². The molecule has 0 unspecified atom stereocenters. The van der Waals surface area contributed by atoms with Crippen LogP contribution in [0.15, 0.2) is 28.3 Å². The van der Waals surface area contributed by atoms with E-state index in [1.54, 1.807) is 0 Å². The van der Waals surface area contributed by atoms with Gasteiger partial charge < -0.3 is 5.32 Å². The van der Waals surface area contributed by atoms with Gasteiger partial charge >= 0.3 is 0 Å². The summed E-state index contributed by atoms with van der Waals surface area (Å²) in [6, 6.07) is 2.41. The average molecular weight is 321 g/mol. The molecule has 20 heavy (non-hydrogen) atoms. The third-order valence-electron chi connectivity index (χ3n) is 2.42. The lowest BCUT2D eigenvalue weighted by molar-refractivity contribution is 0.574. The Morgan fingerprint density at radius 3 is 2.30 bits per heavy atom. The van der Waals surface area contributed by atoms with Crippen LogP contribution < -0.4 is 10.0 Å². The molecule has 1 aromatic heterocycles. The Labute approximate surface area is 119 Å². The minimum atomic E-state index is -3.66. The van der Waals surface area contributed by atoms with Gasteiger partial charge in [-0.25, -0.2) is 26.5 Å². The fourth-order valence-corrected chi connectivity index (χ4v) is 2.94. The molecule has 9 heteroatoms. The van der Waals surface area contributed by atoms with Crippen molar-refractivity contribution in [2.45, 2.75) is 23.3 Å². The average Bonchev–Trinajstić information content (AvgIpc) is 2.37. The maximum Gasteiger partial charge on any atom is 0.242 e. The van der Waals surface area contributed by atoms with E-state index in [-0.39, 0.29) is 16.5 Å². The summed E-state index contributed by atoms with van der Waals surface area (Å²) >= 11 is 0. The summed E-state index contributed by atoms with van der Waals surface area (Å²) in [6.07, 6.45) is 3.03. The summed E-state index contributed by atoms with van der Waals surface area (Å²) in [5.41, 5.74) is 0. The van der Waals surface area contributed by atoms with Gasteiger partial charge in [0, 0.05) is 25.5 Å². The van der Waals surface area contributed by atoms with E-state index in [1.165, 1.54) is 12.1 Å². The van der Waals surface area contributed by atoms with E-state index in [1.807, 2.05) is 6.92 Å². The molecule has 0 fully saturated rings. The minimum absolute atomic E-state index is 0.0552. The molecule has 0 amide bonds. The summed E-state index contributed by atoms with van der Waals surface area (Å²) in [4.78, 5) is 3.60. The Morgan fingerprint density at radius 1 is 1.10 bits per heavy atom. The van der Waals surface area contributed by atoms with Crippen molar-refractivity contribution >= 4 is 19.9 Å². The SMILES string of the molecule is CCCNCCNS(=O)(=O)c1ccc(S(C)(=O)=O)nc1. The van der Waals surface area contributed by atoms with Crippen molar-refractivity contribution in [1.82, 2.24) is 15.0 Å². The number of hydrogen-bond acceptors (Lipinski definition) is 6. The summed E-state index contributed by atoms with van der Waals surface area (Å²) in [7, 11) is -7.09. The van der Waals surface area contributed by atoms with Crippen LogP contribution in [0.25, 0.3) is 0 Å². The van der Waals surface area contributed by atoms with E-state index in [4.69, 9.17) is 0 Å². The highest BCUT2D eigenvalue weighted by atomic mass is 32.2. The van der Waals surface area contributed by atoms with E-state index >= 15 is 0 Å². The quantitative estimate of drug-likeness (QED) is 0.640. The normalized spacial score (nSPS) is 12.5. The number of rotatable bonds is 8. The van der Waals surface area contributed by atoms with Crippen molar-refractivity contribution in [2.75, 3.05) is 25.9 Å². The Bertz CT molecular complexity index is 624. The smallest absolute Gasteiger partial charge is 0.242 e. The van der Waals surface area contributed by atoms with Crippen molar-refractivity contribution in [1.29, 1.82) is 0 Å². The second-order valence-corrected chi connectivity index (χ2v) is 7.98. The van der Waals surface area contributed by atoms with Crippen molar-refractivity contribution in [3.8, 4) is 0 Å². The number of nitrogens with one attached hydrogen (secondary N) is 2. The third-order valence-corrected chi connectivity index (χ3v) is 4.87. The van der Waals surface area contributed by atoms with Crippen molar-refractivity contribution < 1.29 is 16.8 Å². The minimum Gasteiger partial charge on any atom is -0.315 e. The lowest BCUT2D eigenvalue weighted by Crippen LogP contribution is -2.32. The standard InChI is InChI=1S/C11H19N3O4S2/c1-3-6-12-7-8-14-20(17,18)10-4-5-11(13-9-10)19(2,15)16/h4-5,9,12,14H,3,6-8H2,1-2H3. The fourth-order valence-electron chi connectivity index (χ4n) is 1.40. The van der Waals surface area contributed by atoms with Gasteiger partial charge in [-0.3, -0.25) is 0 Å². The molecule has 114 valence electrons. The molecule has 0 radical (unpaired) electrons. The molecule has 0 atom stereocenters. The van der Waals surface area contributed by atoms with E-state index in [0.29, 0.717) is 6.54 Å². The number of hydrogen-bond donors (Lipinski definition) is 2. The Kier molecular flexibility index (Phi) is 6.06. The van der Waals surface area contributed by atoms with Crippen molar-refractivity contribution in [2.24, 2.45) is 0 Å². The predicted molar refractivity (Wildman–Crippen MR) is 75.7 cm³/mol.